The number of aromatic nitrogens is 4. The number of aryl methyl sites for hydroxylation is 1. The summed E-state index contributed by atoms with van der Waals surface area (Å²) >= 11 is 0. The van der Waals surface area contributed by atoms with Crippen LogP contribution in [0.2, 0.25) is 0 Å². The topological polar surface area (TPSA) is 130 Å². The molecule has 3 N–H and O–H groups in total. The molecule has 1 atom stereocenters. The first-order valence-corrected chi connectivity index (χ1v) is 8.49. The number of aromatic amines is 2. The van der Waals surface area contributed by atoms with Gasteiger partial charge in [-0.15, -0.1) is 0 Å². The van der Waals surface area contributed by atoms with Gasteiger partial charge >= 0.3 is 5.69 Å². The third kappa shape index (κ3) is 3.59. The molecule has 2 aromatic heterocycles. The van der Waals surface area contributed by atoms with Gasteiger partial charge in [0.25, 0.3) is 5.56 Å². The Balaban J connectivity index is 2.34. The third-order valence-electron chi connectivity index (χ3n) is 3.33. The first-order chi connectivity index (χ1) is 10.6. The van der Waals surface area contributed by atoms with E-state index >= 15 is 0 Å². The van der Waals surface area contributed by atoms with E-state index in [1.54, 1.807) is 24.0 Å². The lowest BCUT2D eigenvalue weighted by molar-refractivity contribution is 0.530. The van der Waals surface area contributed by atoms with Gasteiger partial charge in [0.2, 0.25) is 10.0 Å². The summed E-state index contributed by atoms with van der Waals surface area (Å²) in [7, 11) is -4.10. The molecule has 23 heavy (non-hydrogen) atoms. The second kappa shape index (κ2) is 6.13. The highest BCUT2D eigenvalue weighted by Crippen LogP contribution is 2.17. The van der Waals surface area contributed by atoms with Crippen molar-refractivity contribution in [2.75, 3.05) is 0 Å². The van der Waals surface area contributed by atoms with Gasteiger partial charge in [-0.1, -0.05) is 0 Å². The number of nitrogens with zero attached hydrogens (tertiary/aromatic N) is 2. The Bertz CT molecular complexity index is 922. The molecule has 2 heterocycles. The fourth-order valence-electron chi connectivity index (χ4n) is 2.13. The standard InChI is InChI=1S/C13H19N5O4S/c1-7(2)18-6-10(5-14-18)8(3)17-23(21,22)11-9(4)15-13(20)16-12(11)19/h5-8,17H,1-4H3,(H2,15,16,19,20). The molecular weight excluding hydrogens is 322 g/mol. The van der Waals surface area contributed by atoms with E-state index in [2.05, 4.69) is 14.8 Å². The van der Waals surface area contributed by atoms with Crippen molar-refractivity contribution < 1.29 is 8.42 Å². The van der Waals surface area contributed by atoms with Crippen molar-refractivity contribution in [3.05, 3.63) is 44.5 Å². The number of hydrogen-bond donors (Lipinski definition) is 3. The lowest BCUT2D eigenvalue weighted by Gasteiger charge is -2.13. The molecule has 0 saturated carbocycles. The van der Waals surface area contributed by atoms with Crippen LogP contribution < -0.4 is 16.0 Å². The number of sulfonamides is 1. The predicted molar refractivity (Wildman–Crippen MR) is 83.8 cm³/mol. The zero-order valence-corrected chi connectivity index (χ0v) is 14.1. The Kier molecular flexibility index (Phi) is 4.57. The van der Waals surface area contributed by atoms with E-state index in [4.69, 9.17) is 0 Å². The van der Waals surface area contributed by atoms with Crippen LogP contribution in [0.25, 0.3) is 0 Å². The van der Waals surface area contributed by atoms with Crippen LogP contribution in [0.4, 0.5) is 0 Å². The summed E-state index contributed by atoms with van der Waals surface area (Å²) < 4.78 is 29.0. The fourth-order valence-corrected chi connectivity index (χ4v) is 3.60. The smallest absolute Gasteiger partial charge is 0.310 e. The minimum atomic E-state index is -4.10. The van der Waals surface area contributed by atoms with E-state index in [1.807, 2.05) is 18.8 Å². The second-order valence-electron chi connectivity index (χ2n) is 5.55. The van der Waals surface area contributed by atoms with Gasteiger partial charge in [0, 0.05) is 29.5 Å². The molecule has 0 radical (unpaired) electrons. The highest BCUT2D eigenvalue weighted by Gasteiger charge is 2.25. The van der Waals surface area contributed by atoms with E-state index in [0.29, 0.717) is 5.56 Å². The predicted octanol–water partition coefficient (Wildman–Crippen LogP) is 0.189. The van der Waals surface area contributed by atoms with Gasteiger partial charge in [-0.3, -0.25) is 14.5 Å². The number of hydrogen-bond acceptors (Lipinski definition) is 5. The molecule has 9 nitrogen and oxygen atoms in total. The molecule has 0 fully saturated rings. The molecule has 0 aromatic carbocycles. The molecule has 126 valence electrons. The summed E-state index contributed by atoms with van der Waals surface area (Å²) in [5.41, 5.74) is -1.06. The normalized spacial score (nSPS) is 13.4. The summed E-state index contributed by atoms with van der Waals surface area (Å²) in [6.07, 6.45) is 3.30. The van der Waals surface area contributed by atoms with E-state index in [0.717, 1.165) is 0 Å². The van der Waals surface area contributed by atoms with E-state index in [9.17, 15) is 18.0 Å². The quantitative estimate of drug-likeness (QED) is 0.715. The van der Waals surface area contributed by atoms with Crippen molar-refractivity contribution in [2.24, 2.45) is 0 Å². The lowest BCUT2D eigenvalue weighted by Crippen LogP contribution is -2.35. The van der Waals surface area contributed by atoms with Crippen LogP contribution in [0.5, 0.6) is 0 Å². The van der Waals surface area contributed by atoms with Crippen LogP contribution in [0.3, 0.4) is 0 Å². The van der Waals surface area contributed by atoms with Gasteiger partial charge in [0.1, 0.15) is 0 Å². The Morgan fingerprint density at radius 2 is 1.87 bits per heavy atom. The number of rotatable bonds is 5. The van der Waals surface area contributed by atoms with Crippen molar-refractivity contribution in [3.8, 4) is 0 Å². The van der Waals surface area contributed by atoms with Gasteiger partial charge in [0.05, 0.1) is 6.20 Å². The summed E-state index contributed by atoms with van der Waals surface area (Å²) in [6, 6.07) is -0.435. The van der Waals surface area contributed by atoms with Crippen molar-refractivity contribution >= 4 is 10.0 Å². The van der Waals surface area contributed by atoms with Gasteiger partial charge in [-0.25, -0.2) is 17.9 Å². The fraction of sp³-hybridized carbons (Fsp3) is 0.462. The first kappa shape index (κ1) is 17.2. The van der Waals surface area contributed by atoms with Crippen LogP contribution in [0, 0.1) is 6.92 Å². The van der Waals surface area contributed by atoms with E-state index in [-0.39, 0.29) is 11.7 Å². The lowest BCUT2D eigenvalue weighted by atomic mass is 10.2. The molecule has 2 rings (SSSR count). The molecule has 10 heteroatoms. The molecule has 0 aliphatic carbocycles. The third-order valence-corrected chi connectivity index (χ3v) is 5.02. The molecule has 0 bridgehead atoms. The minimum Gasteiger partial charge on any atom is -0.310 e. The summed E-state index contributed by atoms with van der Waals surface area (Å²) in [5, 5.41) is 4.15. The van der Waals surface area contributed by atoms with Crippen LogP contribution in [-0.4, -0.2) is 28.2 Å². The molecule has 0 aliphatic rings. The highest BCUT2D eigenvalue weighted by molar-refractivity contribution is 7.89. The maximum absolute atomic E-state index is 12.4. The Labute approximate surface area is 132 Å². The molecule has 0 saturated heterocycles. The van der Waals surface area contributed by atoms with Crippen molar-refractivity contribution in [1.82, 2.24) is 24.5 Å². The Hall–Kier alpha value is -2.20. The van der Waals surface area contributed by atoms with Gasteiger partial charge in [-0.2, -0.15) is 5.10 Å². The number of H-pyrrole nitrogens is 2. The Morgan fingerprint density at radius 1 is 1.22 bits per heavy atom. The first-order valence-electron chi connectivity index (χ1n) is 7.01. The van der Waals surface area contributed by atoms with Crippen molar-refractivity contribution in [3.63, 3.8) is 0 Å². The summed E-state index contributed by atoms with van der Waals surface area (Å²) in [4.78, 5) is 26.7. The molecule has 0 amide bonds. The van der Waals surface area contributed by atoms with Gasteiger partial charge in [-0.05, 0) is 27.7 Å². The number of nitrogens with one attached hydrogen (secondary N) is 3. The van der Waals surface area contributed by atoms with Gasteiger partial charge < -0.3 is 4.98 Å². The van der Waals surface area contributed by atoms with Crippen LogP contribution in [0.15, 0.2) is 26.9 Å². The largest absolute Gasteiger partial charge is 0.325 e. The van der Waals surface area contributed by atoms with Crippen LogP contribution in [-0.2, 0) is 10.0 Å². The van der Waals surface area contributed by atoms with Crippen LogP contribution >= 0.6 is 0 Å². The molecule has 1 unspecified atom stereocenters. The second-order valence-corrected chi connectivity index (χ2v) is 7.20. The zero-order valence-electron chi connectivity index (χ0n) is 13.2. The molecular formula is C13H19N5O4S. The highest BCUT2D eigenvalue weighted by atomic mass is 32.2. The maximum Gasteiger partial charge on any atom is 0.325 e. The van der Waals surface area contributed by atoms with Crippen LogP contribution in [0.1, 0.15) is 44.1 Å². The summed E-state index contributed by atoms with van der Waals surface area (Å²) in [6.45, 7) is 6.91. The van der Waals surface area contributed by atoms with Crippen molar-refractivity contribution in [2.45, 2.75) is 44.7 Å². The molecule has 2 aromatic rings. The molecule has 0 spiro atoms. The SMILES string of the molecule is Cc1[nH]c(=O)[nH]c(=O)c1S(=O)(=O)NC(C)c1cnn(C(C)C)c1. The zero-order chi connectivity index (χ0) is 17.4. The minimum absolute atomic E-state index is 0.0173. The average Bonchev–Trinajstić information content (AvgIpc) is 2.85. The van der Waals surface area contributed by atoms with E-state index < -0.39 is 32.2 Å². The van der Waals surface area contributed by atoms with Crippen molar-refractivity contribution in [1.29, 1.82) is 0 Å². The maximum atomic E-state index is 12.4. The summed E-state index contributed by atoms with van der Waals surface area (Å²) in [5.74, 6) is 0. The van der Waals surface area contributed by atoms with Gasteiger partial charge in [0.15, 0.2) is 4.90 Å². The Morgan fingerprint density at radius 3 is 2.39 bits per heavy atom. The monoisotopic (exact) mass is 341 g/mol. The van der Waals surface area contributed by atoms with E-state index in [1.165, 1.54) is 6.92 Å². The molecule has 0 aliphatic heterocycles. The average molecular weight is 341 g/mol.